The zero-order chi connectivity index (χ0) is 20.9. The Morgan fingerprint density at radius 2 is 1.50 bits per heavy atom. The van der Waals surface area contributed by atoms with Gasteiger partial charge in [-0.25, -0.2) is 4.79 Å². The number of benzene rings is 3. The summed E-state index contributed by atoms with van der Waals surface area (Å²) < 4.78 is 5.50. The molecule has 5 heteroatoms. The fourth-order valence-corrected chi connectivity index (χ4v) is 3.15. The molecule has 0 unspecified atom stereocenters. The molecule has 1 aliphatic rings. The van der Waals surface area contributed by atoms with Gasteiger partial charge in [-0.2, -0.15) is 0 Å². The molecule has 30 heavy (non-hydrogen) atoms. The third-order valence-electron chi connectivity index (χ3n) is 4.68. The Labute approximate surface area is 173 Å². The van der Waals surface area contributed by atoms with E-state index < -0.39 is 10.9 Å². The summed E-state index contributed by atoms with van der Waals surface area (Å²) in [6.45, 7) is 0. The molecule has 0 aromatic heterocycles. The zero-order valence-corrected chi connectivity index (χ0v) is 15.9. The summed E-state index contributed by atoms with van der Waals surface area (Å²) in [5.41, 5.74) is 3.47. The second-order valence-corrected chi connectivity index (χ2v) is 6.64. The van der Waals surface area contributed by atoms with Crippen molar-refractivity contribution >= 4 is 29.1 Å². The minimum atomic E-state index is -0.458. The molecule has 0 saturated heterocycles. The van der Waals surface area contributed by atoms with Gasteiger partial charge in [0.15, 0.2) is 0 Å². The fourth-order valence-electron chi connectivity index (χ4n) is 3.15. The highest BCUT2D eigenvalue weighted by atomic mass is 16.6. The summed E-state index contributed by atoms with van der Waals surface area (Å²) >= 11 is 0. The van der Waals surface area contributed by atoms with Gasteiger partial charge < -0.3 is 4.74 Å². The molecule has 0 N–H and O–H groups in total. The van der Waals surface area contributed by atoms with E-state index in [0.717, 1.165) is 11.1 Å². The second-order valence-electron chi connectivity index (χ2n) is 6.64. The van der Waals surface area contributed by atoms with Gasteiger partial charge in [0.25, 0.3) is 5.69 Å². The molecule has 0 amide bonds. The van der Waals surface area contributed by atoms with Gasteiger partial charge >= 0.3 is 5.97 Å². The van der Waals surface area contributed by atoms with Crippen molar-refractivity contribution in [3.8, 4) is 0 Å². The summed E-state index contributed by atoms with van der Waals surface area (Å²) in [4.78, 5) is 23.2. The number of non-ortho nitro benzene ring substituents is 1. The lowest BCUT2D eigenvalue weighted by molar-refractivity contribution is -0.384. The highest BCUT2D eigenvalue weighted by Gasteiger charge is 2.25. The maximum atomic E-state index is 12.7. The van der Waals surface area contributed by atoms with Crippen LogP contribution in [0.2, 0.25) is 0 Å². The van der Waals surface area contributed by atoms with Crippen molar-refractivity contribution < 1.29 is 14.5 Å². The van der Waals surface area contributed by atoms with Gasteiger partial charge in [0, 0.05) is 17.7 Å². The number of nitrogens with zero attached hydrogens (tertiary/aromatic N) is 1. The monoisotopic (exact) mass is 395 g/mol. The molecule has 0 bridgehead atoms. The minimum absolute atomic E-state index is 0.00958. The van der Waals surface area contributed by atoms with Gasteiger partial charge in [-0.15, -0.1) is 0 Å². The van der Waals surface area contributed by atoms with Crippen LogP contribution in [0.25, 0.3) is 17.4 Å². The van der Waals surface area contributed by atoms with E-state index in [1.165, 1.54) is 12.1 Å². The van der Waals surface area contributed by atoms with Gasteiger partial charge in [-0.05, 0) is 34.9 Å². The first kappa shape index (κ1) is 19.1. The Hall–Kier alpha value is -4.25. The van der Waals surface area contributed by atoms with Crippen LogP contribution in [0.1, 0.15) is 16.7 Å². The predicted molar refractivity (Wildman–Crippen MR) is 116 cm³/mol. The van der Waals surface area contributed by atoms with Crippen LogP contribution in [0, 0.1) is 10.1 Å². The smallest absolute Gasteiger partial charge is 0.344 e. The number of carbonyl (C=O) groups excluding carboxylic acids is 1. The quantitative estimate of drug-likeness (QED) is 0.242. The summed E-state index contributed by atoms with van der Waals surface area (Å²) in [6, 6.07) is 25.2. The molecule has 146 valence electrons. The number of allylic oxidation sites excluding steroid dienone is 2. The predicted octanol–water partition coefficient (Wildman–Crippen LogP) is 5.66. The van der Waals surface area contributed by atoms with Crippen molar-refractivity contribution in [1.29, 1.82) is 0 Å². The molecule has 0 saturated carbocycles. The number of ether oxygens (including phenoxy) is 1. The van der Waals surface area contributed by atoms with E-state index in [0.29, 0.717) is 22.5 Å². The standard InChI is InChI=1S/C25H17NO4/c27-25-23(17-24(30-25)20-9-5-2-6-10-20)22(16-11-18-7-3-1-4-8-18)19-12-14-21(15-13-19)26(28)29/h1-17H. The zero-order valence-electron chi connectivity index (χ0n) is 15.9. The van der Waals surface area contributed by atoms with Crippen molar-refractivity contribution in [3.05, 3.63) is 129 Å². The molecule has 0 spiro atoms. The van der Waals surface area contributed by atoms with E-state index in [9.17, 15) is 14.9 Å². The van der Waals surface area contributed by atoms with Gasteiger partial charge in [0.2, 0.25) is 0 Å². The number of esters is 1. The lowest BCUT2D eigenvalue weighted by Crippen LogP contribution is -2.00. The van der Waals surface area contributed by atoms with Crippen LogP contribution in [0.5, 0.6) is 0 Å². The number of hydrogen-bond acceptors (Lipinski definition) is 4. The highest BCUT2D eigenvalue weighted by Crippen LogP contribution is 2.33. The van der Waals surface area contributed by atoms with Crippen LogP contribution in [-0.4, -0.2) is 10.9 Å². The maximum absolute atomic E-state index is 12.7. The number of carbonyl (C=O) groups is 1. The molecule has 0 radical (unpaired) electrons. The number of rotatable bonds is 5. The molecule has 3 aromatic rings. The molecule has 3 aromatic carbocycles. The van der Waals surface area contributed by atoms with Crippen molar-refractivity contribution in [2.45, 2.75) is 0 Å². The van der Waals surface area contributed by atoms with Crippen LogP contribution < -0.4 is 0 Å². The van der Waals surface area contributed by atoms with Crippen LogP contribution in [-0.2, 0) is 9.53 Å². The first-order chi connectivity index (χ1) is 14.6. The van der Waals surface area contributed by atoms with E-state index in [-0.39, 0.29) is 5.69 Å². The normalized spacial score (nSPS) is 15.1. The van der Waals surface area contributed by atoms with Crippen molar-refractivity contribution in [3.63, 3.8) is 0 Å². The molecule has 5 nitrogen and oxygen atoms in total. The third-order valence-corrected chi connectivity index (χ3v) is 4.68. The van der Waals surface area contributed by atoms with Crippen LogP contribution in [0.4, 0.5) is 5.69 Å². The Morgan fingerprint density at radius 1 is 0.867 bits per heavy atom. The lowest BCUT2D eigenvalue weighted by atomic mass is 9.98. The Kier molecular flexibility index (Phi) is 5.35. The summed E-state index contributed by atoms with van der Waals surface area (Å²) in [5, 5.41) is 11.0. The fraction of sp³-hybridized carbons (Fsp3) is 0. The average Bonchev–Trinajstić information content (AvgIpc) is 3.17. The second kappa shape index (κ2) is 8.41. The summed E-state index contributed by atoms with van der Waals surface area (Å²) in [5.74, 6) is 0.0167. The maximum Gasteiger partial charge on any atom is 0.344 e. The SMILES string of the molecule is O=C1OC(c2ccccc2)=CC1=C(C=Cc1ccccc1)c1ccc([N+](=O)[O-])cc1. The Bertz CT molecular complexity index is 1170. The van der Waals surface area contributed by atoms with Gasteiger partial charge in [0.1, 0.15) is 5.76 Å². The first-order valence-electron chi connectivity index (χ1n) is 9.33. The van der Waals surface area contributed by atoms with Crippen molar-refractivity contribution in [2.75, 3.05) is 0 Å². The van der Waals surface area contributed by atoms with Crippen LogP contribution in [0.3, 0.4) is 0 Å². The number of nitro groups is 1. The summed E-state index contributed by atoms with van der Waals surface area (Å²) in [6.07, 6.45) is 5.44. The van der Waals surface area contributed by atoms with Crippen molar-refractivity contribution in [2.24, 2.45) is 0 Å². The third kappa shape index (κ3) is 4.10. The Morgan fingerprint density at radius 3 is 2.13 bits per heavy atom. The van der Waals surface area contributed by atoms with Gasteiger partial charge in [-0.1, -0.05) is 72.8 Å². The van der Waals surface area contributed by atoms with E-state index in [1.807, 2.05) is 72.8 Å². The summed E-state index contributed by atoms with van der Waals surface area (Å²) in [7, 11) is 0. The van der Waals surface area contributed by atoms with E-state index in [2.05, 4.69) is 0 Å². The van der Waals surface area contributed by atoms with E-state index >= 15 is 0 Å². The van der Waals surface area contributed by atoms with Gasteiger partial charge in [-0.3, -0.25) is 10.1 Å². The molecule has 0 atom stereocenters. The molecule has 0 fully saturated rings. The largest absolute Gasteiger partial charge is 0.422 e. The van der Waals surface area contributed by atoms with Crippen molar-refractivity contribution in [1.82, 2.24) is 0 Å². The Balaban J connectivity index is 1.81. The van der Waals surface area contributed by atoms with Crippen LogP contribution >= 0.6 is 0 Å². The van der Waals surface area contributed by atoms with E-state index in [1.54, 1.807) is 18.2 Å². The molecule has 1 heterocycles. The van der Waals surface area contributed by atoms with Gasteiger partial charge in [0.05, 0.1) is 10.5 Å². The molecule has 1 aliphatic heterocycles. The molecule has 0 aliphatic carbocycles. The highest BCUT2D eigenvalue weighted by molar-refractivity contribution is 6.09. The number of nitro benzene ring substituents is 1. The minimum Gasteiger partial charge on any atom is -0.422 e. The number of cyclic esters (lactones) is 1. The lowest BCUT2D eigenvalue weighted by Gasteiger charge is -2.05. The molecular weight excluding hydrogens is 378 g/mol. The molecular formula is C25H17NO4. The first-order valence-corrected chi connectivity index (χ1v) is 9.33. The number of hydrogen-bond donors (Lipinski definition) is 0. The molecule has 4 rings (SSSR count). The van der Waals surface area contributed by atoms with Crippen LogP contribution in [0.15, 0.2) is 103 Å². The average molecular weight is 395 g/mol. The topological polar surface area (TPSA) is 69.4 Å². The van der Waals surface area contributed by atoms with E-state index in [4.69, 9.17) is 4.74 Å².